The number of benzene rings is 3. The Labute approximate surface area is 194 Å². The molecule has 2 atom stereocenters. The lowest BCUT2D eigenvalue weighted by atomic mass is 9.95. The minimum Gasteiger partial charge on any atom is -0.493 e. The Morgan fingerprint density at radius 3 is 2.53 bits per heavy atom. The highest BCUT2D eigenvalue weighted by atomic mass is 79.9. The molecule has 32 heavy (non-hydrogen) atoms. The summed E-state index contributed by atoms with van der Waals surface area (Å²) in [7, 11) is 3.22. The molecule has 6 nitrogen and oxygen atoms in total. The van der Waals surface area contributed by atoms with Crippen molar-refractivity contribution in [2.45, 2.75) is 18.7 Å². The maximum Gasteiger partial charge on any atom is 0.251 e. The fourth-order valence-electron chi connectivity index (χ4n) is 4.15. The smallest absolute Gasteiger partial charge is 0.251 e. The van der Waals surface area contributed by atoms with Crippen molar-refractivity contribution < 1.29 is 19.0 Å². The number of hydrazone groups is 1. The summed E-state index contributed by atoms with van der Waals surface area (Å²) in [5.41, 5.74) is 3.38. The molecule has 162 valence electrons. The Bertz CT molecular complexity index is 1210. The van der Waals surface area contributed by atoms with E-state index >= 15 is 0 Å². The van der Waals surface area contributed by atoms with Gasteiger partial charge >= 0.3 is 0 Å². The van der Waals surface area contributed by atoms with Crippen LogP contribution < -0.4 is 14.2 Å². The summed E-state index contributed by atoms with van der Waals surface area (Å²) < 4.78 is 17.9. The summed E-state index contributed by atoms with van der Waals surface area (Å²) >= 11 is 3.42. The van der Waals surface area contributed by atoms with Gasteiger partial charge in [-0.25, -0.2) is 5.01 Å². The summed E-state index contributed by atoms with van der Waals surface area (Å²) in [4.78, 5) is 13.4. The number of methoxy groups -OCH3 is 2. The molecule has 0 aromatic heterocycles. The van der Waals surface area contributed by atoms with Crippen LogP contribution in [-0.2, 0) is 0 Å². The standard InChI is InChI=1S/C25H21BrN2O4/c1-30-22-12-9-16(13-23(22)31-2)19-14-20-18-5-3-4-6-21(18)32-25(28(20)27-19)24(29)15-7-10-17(26)11-8-15/h3-13,20,25H,14H2,1-2H3. The monoisotopic (exact) mass is 492 g/mol. The van der Waals surface area contributed by atoms with E-state index in [1.54, 1.807) is 31.4 Å². The molecule has 2 unspecified atom stereocenters. The first-order valence-electron chi connectivity index (χ1n) is 10.2. The predicted octanol–water partition coefficient (Wildman–Crippen LogP) is 5.22. The van der Waals surface area contributed by atoms with Crippen molar-refractivity contribution in [3.05, 3.63) is 87.9 Å². The van der Waals surface area contributed by atoms with Crippen LogP contribution in [0.4, 0.5) is 0 Å². The summed E-state index contributed by atoms with van der Waals surface area (Å²) in [5, 5.41) is 6.64. The number of ether oxygens (including phenoxy) is 3. The highest BCUT2D eigenvalue weighted by Gasteiger charge is 2.43. The van der Waals surface area contributed by atoms with E-state index in [9.17, 15) is 4.79 Å². The Hall–Kier alpha value is -3.32. The predicted molar refractivity (Wildman–Crippen MR) is 125 cm³/mol. The van der Waals surface area contributed by atoms with Gasteiger partial charge in [-0.2, -0.15) is 5.10 Å². The van der Waals surface area contributed by atoms with E-state index < -0.39 is 6.23 Å². The molecule has 0 radical (unpaired) electrons. The Morgan fingerprint density at radius 2 is 1.78 bits per heavy atom. The first-order chi connectivity index (χ1) is 15.6. The van der Waals surface area contributed by atoms with E-state index in [0.717, 1.165) is 21.3 Å². The highest BCUT2D eigenvalue weighted by Crippen LogP contribution is 2.44. The summed E-state index contributed by atoms with van der Waals surface area (Å²) in [6, 6.07) is 20.8. The normalized spacial score (nSPS) is 18.8. The van der Waals surface area contributed by atoms with Crippen molar-refractivity contribution in [2.75, 3.05) is 14.2 Å². The molecule has 0 amide bonds. The SMILES string of the molecule is COc1ccc(C2=NN3C(C(=O)c4ccc(Br)cc4)Oc4ccccc4C3C2)cc1OC. The molecule has 0 bridgehead atoms. The summed E-state index contributed by atoms with van der Waals surface area (Å²) in [5.74, 6) is 1.88. The molecular formula is C25H21BrN2O4. The van der Waals surface area contributed by atoms with Crippen LogP contribution in [0.1, 0.15) is 33.9 Å². The average molecular weight is 493 g/mol. The number of nitrogens with zero attached hydrogens (tertiary/aromatic N) is 2. The van der Waals surface area contributed by atoms with Crippen LogP contribution >= 0.6 is 15.9 Å². The third-order valence-corrected chi connectivity index (χ3v) is 6.30. The molecule has 0 saturated carbocycles. The van der Waals surface area contributed by atoms with E-state index in [1.807, 2.05) is 54.6 Å². The Balaban J connectivity index is 1.55. The van der Waals surface area contributed by atoms with Crippen molar-refractivity contribution in [1.29, 1.82) is 0 Å². The van der Waals surface area contributed by atoms with Crippen LogP contribution in [0, 0.1) is 0 Å². The molecule has 0 spiro atoms. The quantitative estimate of drug-likeness (QED) is 0.457. The van der Waals surface area contributed by atoms with Gasteiger partial charge in [0.1, 0.15) is 5.75 Å². The maximum absolute atomic E-state index is 13.4. The number of para-hydroxylation sites is 1. The average Bonchev–Trinajstić information content (AvgIpc) is 3.29. The molecule has 0 aliphatic carbocycles. The first-order valence-corrected chi connectivity index (χ1v) is 11.0. The molecule has 7 heteroatoms. The van der Waals surface area contributed by atoms with Crippen molar-refractivity contribution in [3.8, 4) is 17.2 Å². The third kappa shape index (κ3) is 3.52. The van der Waals surface area contributed by atoms with Crippen LogP contribution in [-0.4, -0.2) is 37.0 Å². The molecule has 0 fully saturated rings. The summed E-state index contributed by atoms with van der Waals surface area (Å²) in [6.45, 7) is 0. The number of rotatable bonds is 5. The summed E-state index contributed by atoms with van der Waals surface area (Å²) in [6.07, 6.45) is -0.186. The number of carbonyl (C=O) groups excluding carboxylic acids is 1. The maximum atomic E-state index is 13.4. The number of halogens is 1. The van der Waals surface area contributed by atoms with E-state index in [0.29, 0.717) is 29.2 Å². The second kappa shape index (κ2) is 8.31. The number of hydrogen-bond acceptors (Lipinski definition) is 6. The lowest BCUT2D eigenvalue weighted by molar-refractivity contribution is -0.00455. The topological polar surface area (TPSA) is 60.4 Å². The van der Waals surface area contributed by atoms with Gasteiger partial charge in [-0.3, -0.25) is 4.79 Å². The first kappa shape index (κ1) is 20.6. The molecule has 3 aromatic carbocycles. The number of fused-ring (bicyclic) bond motifs is 3. The van der Waals surface area contributed by atoms with Crippen LogP contribution in [0.25, 0.3) is 0 Å². The van der Waals surface area contributed by atoms with Gasteiger partial charge in [0.2, 0.25) is 5.78 Å². The zero-order valence-electron chi connectivity index (χ0n) is 17.6. The van der Waals surface area contributed by atoms with Crippen LogP contribution in [0.5, 0.6) is 17.2 Å². The molecular weight excluding hydrogens is 472 g/mol. The Kier molecular flexibility index (Phi) is 5.35. The largest absolute Gasteiger partial charge is 0.493 e. The van der Waals surface area contributed by atoms with Gasteiger partial charge in [-0.1, -0.05) is 46.3 Å². The molecule has 2 heterocycles. The number of carbonyl (C=O) groups is 1. The second-order valence-electron chi connectivity index (χ2n) is 7.60. The molecule has 2 aliphatic rings. The minimum atomic E-state index is -0.839. The van der Waals surface area contributed by atoms with Gasteiger partial charge in [-0.05, 0) is 36.4 Å². The van der Waals surface area contributed by atoms with Gasteiger partial charge in [0.05, 0.1) is 26.0 Å². The number of hydrogen-bond donors (Lipinski definition) is 0. The van der Waals surface area contributed by atoms with Crippen LogP contribution in [0.2, 0.25) is 0 Å². The van der Waals surface area contributed by atoms with Gasteiger partial charge in [-0.15, -0.1) is 0 Å². The van der Waals surface area contributed by atoms with Crippen molar-refractivity contribution in [2.24, 2.45) is 5.10 Å². The zero-order chi connectivity index (χ0) is 22.2. The van der Waals surface area contributed by atoms with E-state index in [1.165, 1.54) is 0 Å². The number of ketones is 1. The van der Waals surface area contributed by atoms with Gasteiger partial charge in [0.15, 0.2) is 11.5 Å². The van der Waals surface area contributed by atoms with Gasteiger partial charge in [0, 0.05) is 27.6 Å². The molecule has 0 N–H and O–H groups in total. The third-order valence-electron chi connectivity index (χ3n) is 5.77. The fraction of sp³-hybridized carbons (Fsp3) is 0.200. The van der Waals surface area contributed by atoms with Crippen molar-refractivity contribution >= 4 is 27.4 Å². The number of Topliss-reactive ketones (excluding diaryl/α,β-unsaturated/α-hetero) is 1. The molecule has 5 rings (SSSR count). The van der Waals surface area contributed by atoms with E-state index in [4.69, 9.17) is 19.3 Å². The van der Waals surface area contributed by atoms with E-state index in [2.05, 4.69) is 15.9 Å². The highest BCUT2D eigenvalue weighted by molar-refractivity contribution is 9.10. The lowest BCUT2D eigenvalue weighted by Gasteiger charge is -2.37. The lowest BCUT2D eigenvalue weighted by Crippen LogP contribution is -2.45. The van der Waals surface area contributed by atoms with Gasteiger partial charge < -0.3 is 14.2 Å². The molecule has 3 aromatic rings. The van der Waals surface area contributed by atoms with Crippen LogP contribution in [0.3, 0.4) is 0 Å². The van der Waals surface area contributed by atoms with Crippen LogP contribution in [0.15, 0.2) is 76.3 Å². The van der Waals surface area contributed by atoms with E-state index in [-0.39, 0.29) is 11.8 Å². The van der Waals surface area contributed by atoms with Crippen molar-refractivity contribution in [1.82, 2.24) is 5.01 Å². The minimum absolute atomic E-state index is 0.0903. The zero-order valence-corrected chi connectivity index (χ0v) is 19.2. The second-order valence-corrected chi connectivity index (χ2v) is 8.51. The molecule has 2 aliphatic heterocycles. The van der Waals surface area contributed by atoms with Gasteiger partial charge in [0.25, 0.3) is 6.23 Å². The Morgan fingerprint density at radius 1 is 1.03 bits per heavy atom. The molecule has 0 saturated heterocycles. The van der Waals surface area contributed by atoms with Crippen molar-refractivity contribution in [3.63, 3.8) is 0 Å². The fourth-order valence-corrected chi connectivity index (χ4v) is 4.42.